The van der Waals surface area contributed by atoms with E-state index >= 15 is 0 Å². The molecule has 2 unspecified atom stereocenters. The van der Waals surface area contributed by atoms with Gasteiger partial charge in [-0.1, -0.05) is 19.3 Å². The van der Waals surface area contributed by atoms with Crippen LogP contribution in [0, 0.1) is 5.92 Å². The van der Waals surface area contributed by atoms with Gasteiger partial charge in [-0.05, 0) is 32.4 Å². The topological polar surface area (TPSA) is 38.5 Å². The molecule has 0 spiro atoms. The first-order chi connectivity index (χ1) is 7.86. The largest absolute Gasteiger partial charge is 0.381 e. The highest BCUT2D eigenvalue weighted by molar-refractivity contribution is 4.79. The maximum absolute atomic E-state index is 6.28. The lowest BCUT2D eigenvalue weighted by Gasteiger charge is -2.29. The van der Waals surface area contributed by atoms with Gasteiger partial charge < -0.3 is 15.4 Å². The van der Waals surface area contributed by atoms with E-state index in [4.69, 9.17) is 10.5 Å². The van der Waals surface area contributed by atoms with E-state index in [1.807, 2.05) is 0 Å². The standard InChI is InChI=1S/C13H26N2O/c14-13(12-6-9-16-11-12)10-15-7-4-2-1-3-5-8-15/h12-13H,1-11,14H2. The lowest BCUT2D eigenvalue weighted by molar-refractivity contribution is 0.167. The van der Waals surface area contributed by atoms with Gasteiger partial charge in [0.25, 0.3) is 0 Å². The van der Waals surface area contributed by atoms with Gasteiger partial charge in [0, 0.05) is 25.1 Å². The molecular weight excluding hydrogens is 200 g/mol. The summed E-state index contributed by atoms with van der Waals surface area (Å²) in [6, 6.07) is 0.321. The normalized spacial score (nSPS) is 30.9. The molecule has 16 heavy (non-hydrogen) atoms. The Morgan fingerprint density at radius 1 is 1.12 bits per heavy atom. The van der Waals surface area contributed by atoms with Crippen molar-refractivity contribution in [1.29, 1.82) is 0 Å². The molecule has 2 N–H and O–H groups in total. The van der Waals surface area contributed by atoms with Crippen LogP contribution >= 0.6 is 0 Å². The minimum absolute atomic E-state index is 0.321. The van der Waals surface area contributed by atoms with Crippen LogP contribution in [0.5, 0.6) is 0 Å². The third-order valence-electron chi connectivity index (χ3n) is 3.99. The summed E-state index contributed by atoms with van der Waals surface area (Å²) in [4.78, 5) is 2.57. The van der Waals surface area contributed by atoms with Crippen LogP contribution in [0.4, 0.5) is 0 Å². The van der Waals surface area contributed by atoms with Crippen LogP contribution in [0.25, 0.3) is 0 Å². The predicted octanol–water partition coefficient (Wildman–Crippen LogP) is 1.62. The van der Waals surface area contributed by atoms with E-state index in [0.717, 1.165) is 26.2 Å². The summed E-state index contributed by atoms with van der Waals surface area (Å²) in [7, 11) is 0. The minimum atomic E-state index is 0.321. The number of rotatable bonds is 3. The van der Waals surface area contributed by atoms with Crippen LogP contribution in [0.15, 0.2) is 0 Å². The van der Waals surface area contributed by atoms with Crippen LogP contribution < -0.4 is 5.73 Å². The molecule has 2 atom stereocenters. The molecule has 0 bridgehead atoms. The third kappa shape index (κ3) is 3.72. The van der Waals surface area contributed by atoms with Crippen molar-refractivity contribution in [2.24, 2.45) is 11.7 Å². The van der Waals surface area contributed by atoms with E-state index in [-0.39, 0.29) is 0 Å². The molecule has 0 aromatic heterocycles. The Kier molecular flexibility index (Phi) is 5.07. The molecule has 0 aromatic carbocycles. The molecule has 0 aliphatic carbocycles. The molecule has 2 fully saturated rings. The van der Waals surface area contributed by atoms with E-state index in [1.165, 1.54) is 45.2 Å². The Balaban J connectivity index is 1.73. The SMILES string of the molecule is NC(CN1CCCCCCC1)C1CCOC1. The molecule has 0 aromatic rings. The van der Waals surface area contributed by atoms with Gasteiger partial charge in [-0.15, -0.1) is 0 Å². The van der Waals surface area contributed by atoms with Crippen LogP contribution in [0.3, 0.4) is 0 Å². The number of hydrogen-bond donors (Lipinski definition) is 1. The molecule has 2 saturated heterocycles. The van der Waals surface area contributed by atoms with Crippen molar-refractivity contribution in [2.45, 2.75) is 44.6 Å². The summed E-state index contributed by atoms with van der Waals surface area (Å²) in [5.74, 6) is 0.602. The van der Waals surface area contributed by atoms with Crippen molar-refractivity contribution >= 4 is 0 Å². The molecule has 3 heteroatoms. The lowest BCUT2D eigenvalue weighted by atomic mass is 9.98. The maximum Gasteiger partial charge on any atom is 0.0510 e. The smallest absolute Gasteiger partial charge is 0.0510 e. The molecule has 2 aliphatic rings. The summed E-state index contributed by atoms with van der Waals surface area (Å²) in [6.45, 7) is 5.38. The van der Waals surface area contributed by atoms with Crippen molar-refractivity contribution in [3.63, 3.8) is 0 Å². The second-order valence-electron chi connectivity index (χ2n) is 5.36. The van der Waals surface area contributed by atoms with Gasteiger partial charge in [-0.3, -0.25) is 0 Å². The highest BCUT2D eigenvalue weighted by atomic mass is 16.5. The van der Waals surface area contributed by atoms with Gasteiger partial charge in [-0.25, -0.2) is 0 Å². The van der Waals surface area contributed by atoms with E-state index in [0.29, 0.717) is 12.0 Å². The second-order valence-corrected chi connectivity index (χ2v) is 5.36. The molecule has 0 amide bonds. The van der Waals surface area contributed by atoms with Crippen LogP contribution in [-0.2, 0) is 4.74 Å². The third-order valence-corrected chi connectivity index (χ3v) is 3.99. The number of likely N-dealkylation sites (tertiary alicyclic amines) is 1. The average Bonchev–Trinajstić information content (AvgIpc) is 2.74. The summed E-state index contributed by atoms with van der Waals surface area (Å²) in [5.41, 5.74) is 6.28. The van der Waals surface area contributed by atoms with Gasteiger partial charge in [0.15, 0.2) is 0 Å². The average molecular weight is 226 g/mol. The van der Waals surface area contributed by atoms with E-state index < -0.39 is 0 Å². The Hall–Kier alpha value is -0.120. The van der Waals surface area contributed by atoms with Crippen LogP contribution in [-0.4, -0.2) is 43.8 Å². The lowest BCUT2D eigenvalue weighted by Crippen LogP contribution is -2.43. The van der Waals surface area contributed by atoms with Crippen molar-refractivity contribution in [2.75, 3.05) is 32.8 Å². The van der Waals surface area contributed by atoms with Gasteiger partial charge in [0.2, 0.25) is 0 Å². The van der Waals surface area contributed by atoms with Gasteiger partial charge in [-0.2, -0.15) is 0 Å². The quantitative estimate of drug-likeness (QED) is 0.794. The van der Waals surface area contributed by atoms with E-state index in [1.54, 1.807) is 0 Å². The first-order valence-corrected chi connectivity index (χ1v) is 6.92. The summed E-state index contributed by atoms with van der Waals surface area (Å²) in [6.07, 6.45) is 8.10. The summed E-state index contributed by atoms with van der Waals surface area (Å²) in [5, 5.41) is 0. The fraction of sp³-hybridized carbons (Fsp3) is 1.00. The molecule has 0 saturated carbocycles. The van der Waals surface area contributed by atoms with Crippen molar-refractivity contribution < 1.29 is 4.74 Å². The maximum atomic E-state index is 6.28. The van der Waals surface area contributed by atoms with Gasteiger partial charge in [0.1, 0.15) is 0 Å². The number of ether oxygens (including phenoxy) is 1. The van der Waals surface area contributed by atoms with Crippen LogP contribution in [0.2, 0.25) is 0 Å². The van der Waals surface area contributed by atoms with E-state index in [9.17, 15) is 0 Å². The number of nitrogens with zero attached hydrogens (tertiary/aromatic N) is 1. The zero-order chi connectivity index (χ0) is 11.2. The van der Waals surface area contributed by atoms with Gasteiger partial charge >= 0.3 is 0 Å². The highest BCUT2D eigenvalue weighted by Crippen LogP contribution is 2.17. The number of hydrogen-bond acceptors (Lipinski definition) is 3. The molecular formula is C13H26N2O. The predicted molar refractivity (Wildman–Crippen MR) is 66.4 cm³/mol. The minimum Gasteiger partial charge on any atom is -0.381 e. The molecule has 0 radical (unpaired) electrons. The zero-order valence-corrected chi connectivity index (χ0v) is 10.4. The first kappa shape index (κ1) is 12.3. The zero-order valence-electron chi connectivity index (χ0n) is 10.4. The Labute approximate surface area is 99.3 Å². The number of nitrogens with two attached hydrogens (primary N) is 1. The van der Waals surface area contributed by atoms with Crippen molar-refractivity contribution in [3.8, 4) is 0 Å². The Morgan fingerprint density at radius 3 is 2.44 bits per heavy atom. The fourth-order valence-electron chi connectivity index (χ4n) is 2.83. The van der Waals surface area contributed by atoms with Crippen LogP contribution in [0.1, 0.15) is 38.5 Å². The van der Waals surface area contributed by atoms with Crippen molar-refractivity contribution in [3.05, 3.63) is 0 Å². The molecule has 3 nitrogen and oxygen atoms in total. The molecule has 94 valence electrons. The summed E-state index contributed by atoms with van der Waals surface area (Å²) < 4.78 is 5.41. The Morgan fingerprint density at radius 2 is 1.81 bits per heavy atom. The molecule has 2 heterocycles. The molecule has 2 aliphatic heterocycles. The highest BCUT2D eigenvalue weighted by Gasteiger charge is 2.24. The monoisotopic (exact) mass is 226 g/mol. The summed E-state index contributed by atoms with van der Waals surface area (Å²) >= 11 is 0. The fourth-order valence-corrected chi connectivity index (χ4v) is 2.83. The van der Waals surface area contributed by atoms with Crippen molar-refractivity contribution in [1.82, 2.24) is 4.90 Å². The van der Waals surface area contributed by atoms with E-state index in [2.05, 4.69) is 4.90 Å². The Bertz CT molecular complexity index is 184. The van der Waals surface area contributed by atoms with Gasteiger partial charge in [0.05, 0.1) is 6.61 Å². The first-order valence-electron chi connectivity index (χ1n) is 6.92. The molecule has 2 rings (SSSR count). The second kappa shape index (κ2) is 6.58.